The van der Waals surface area contributed by atoms with Gasteiger partial charge in [-0.2, -0.15) is 0 Å². The Morgan fingerprint density at radius 1 is 0.750 bits per heavy atom. The van der Waals surface area contributed by atoms with Crippen LogP contribution in [0.15, 0.2) is 12.4 Å². The maximum absolute atomic E-state index is 12.7. The number of carbonyl (C=O) groups is 6. The number of amides is 2. The Hall–Kier alpha value is -1.73. The molecule has 0 aliphatic carbocycles. The fourth-order valence-electron chi connectivity index (χ4n) is 6.22. The molecule has 2 aromatic heterocycles. The van der Waals surface area contributed by atoms with Gasteiger partial charge >= 0.3 is 115 Å². The minimum Gasteiger partial charge on any atom is -0.548 e. The van der Waals surface area contributed by atoms with E-state index >= 15 is 0 Å². The number of carboxylic acids is 4. The van der Waals surface area contributed by atoms with Crippen molar-refractivity contribution in [1.29, 1.82) is 0 Å². The molecule has 2 N–H and O–H groups in total. The first-order valence-electron chi connectivity index (χ1n) is 13.0. The Balaban J connectivity index is 0.000000250. The van der Waals surface area contributed by atoms with Crippen molar-refractivity contribution in [3.05, 3.63) is 23.8 Å². The van der Waals surface area contributed by atoms with Crippen LogP contribution in [0.3, 0.4) is 0 Å². The number of carboxylic acid groups (broad SMARTS) is 4. The summed E-state index contributed by atoms with van der Waals surface area (Å²) in [5, 5.41) is 52.3. The zero-order chi connectivity index (χ0) is 34.3. The van der Waals surface area contributed by atoms with E-state index in [4.69, 9.17) is 10.2 Å². The molecule has 248 valence electrons. The van der Waals surface area contributed by atoms with Crippen molar-refractivity contribution in [2.75, 3.05) is 0 Å². The molecule has 26 heteroatoms. The van der Waals surface area contributed by atoms with Crippen LogP contribution in [0.2, 0.25) is 0 Å². The molecule has 6 heterocycles. The van der Waals surface area contributed by atoms with Gasteiger partial charge in [-0.05, 0) is 13.8 Å². The van der Waals surface area contributed by atoms with Crippen molar-refractivity contribution in [2.45, 2.75) is 72.1 Å². The predicted octanol–water partition coefficient (Wildman–Crippen LogP) is -12.3. The molecule has 0 radical (unpaired) electrons. The molecule has 0 bridgehead atoms. The molecular formula is C22H22K2N8O14S2. The second-order valence-corrected chi connectivity index (χ2v) is 16.4. The molecule has 2 aromatic rings. The largest absolute Gasteiger partial charge is 1.00 e. The van der Waals surface area contributed by atoms with Crippen molar-refractivity contribution in [2.24, 2.45) is 0 Å². The number of β-lactam (4-membered cyclic amide) rings is 2. The maximum atomic E-state index is 12.7. The van der Waals surface area contributed by atoms with E-state index < -0.39 is 101 Å². The van der Waals surface area contributed by atoms with E-state index in [9.17, 15) is 55.8 Å². The molecule has 48 heavy (non-hydrogen) atoms. The number of aromatic carboxylic acids is 2. The Bertz CT molecular complexity index is 1810. The van der Waals surface area contributed by atoms with E-state index in [2.05, 4.69) is 20.6 Å². The molecule has 4 aliphatic heterocycles. The third-order valence-corrected chi connectivity index (χ3v) is 14.2. The van der Waals surface area contributed by atoms with Crippen molar-refractivity contribution >= 4 is 55.4 Å². The van der Waals surface area contributed by atoms with Crippen LogP contribution in [0.5, 0.6) is 0 Å². The molecule has 6 rings (SSSR count). The van der Waals surface area contributed by atoms with Crippen LogP contribution in [-0.2, 0) is 51.9 Å². The van der Waals surface area contributed by atoms with E-state index in [-0.39, 0.29) is 127 Å². The van der Waals surface area contributed by atoms with E-state index in [1.165, 1.54) is 0 Å². The molecule has 2 amide bonds. The molecule has 0 spiro atoms. The Kier molecular flexibility index (Phi) is 11.7. The van der Waals surface area contributed by atoms with Crippen molar-refractivity contribution in [3.63, 3.8) is 0 Å². The van der Waals surface area contributed by atoms with Crippen LogP contribution in [-0.4, -0.2) is 135 Å². The number of rotatable bonds is 8. The van der Waals surface area contributed by atoms with Gasteiger partial charge in [0.15, 0.2) is 31.1 Å². The number of carbonyl (C=O) groups excluding carboxylic acids is 4. The van der Waals surface area contributed by atoms with Crippen LogP contribution in [0.25, 0.3) is 0 Å². The summed E-state index contributed by atoms with van der Waals surface area (Å²) in [6, 6.07) is -3.44. The van der Waals surface area contributed by atoms with Gasteiger partial charge in [-0.15, -0.1) is 10.2 Å². The zero-order valence-corrected chi connectivity index (χ0v) is 33.4. The summed E-state index contributed by atoms with van der Waals surface area (Å²) in [7, 11) is -8.14. The summed E-state index contributed by atoms with van der Waals surface area (Å²) in [5.74, 6) is -7.42. The van der Waals surface area contributed by atoms with E-state index in [0.29, 0.717) is 0 Å². The van der Waals surface area contributed by atoms with Gasteiger partial charge < -0.3 is 39.8 Å². The van der Waals surface area contributed by atoms with Gasteiger partial charge in [-0.3, -0.25) is 9.59 Å². The molecule has 4 aliphatic rings. The van der Waals surface area contributed by atoms with Crippen LogP contribution < -0.4 is 113 Å². The third kappa shape index (κ3) is 5.93. The van der Waals surface area contributed by atoms with Crippen LogP contribution in [0.4, 0.5) is 0 Å². The first-order chi connectivity index (χ1) is 21.2. The van der Waals surface area contributed by atoms with Gasteiger partial charge in [0.1, 0.15) is 20.2 Å². The summed E-state index contributed by atoms with van der Waals surface area (Å²) < 4.78 is 48.3. The van der Waals surface area contributed by atoms with E-state index in [0.717, 1.165) is 45.4 Å². The van der Waals surface area contributed by atoms with Crippen LogP contribution >= 0.6 is 0 Å². The summed E-state index contributed by atoms with van der Waals surface area (Å²) in [6.07, 6.45) is 1.23. The summed E-state index contributed by atoms with van der Waals surface area (Å²) >= 11 is 0. The van der Waals surface area contributed by atoms with Gasteiger partial charge in [-0.25, -0.2) is 35.8 Å². The Labute approximate surface area is 354 Å². The molecule has 4 fully saturated rings. The first-order valence-corrected chi connectivity index (χ1v) is 16.1. The fraction of sp³-hybridized carbons (Fsp3) is 0.545. The quantitative estimate of drug-likeness (QED) is 0.186. The van der Waals surface area contributed by atoms with Crippen molar-refractivity contribution in [1.82, 2.24) is 39.8 Å². The molecule has 6 atom stereocenters. The van der Waals surface area contributed by atoms with Gasteiger partial charge in [0.25, 0.3) is 0 Å². The number of nitrogens with zero attached hydrogens (tertiary/aromatic N) is 8. The van der Waals surface area contributed by atoms with E-state index in [1.807, 2.05) is 0 Å². The molecule has 22 nitrogen and oxygen atoms in total. The van der Waals surface area contributed by atoms with Gasteiger partial charge in [-0.1, -0.05) is 10.4 Å². The maximum Gasteiger partial charge on any atom is 1.00 e. The van der Waals surface area contributed by atoms with E-state index in [1.54, 1.807) is 0 Å². The predicted molar refractivity (Wildman–Crippen MR) is 137 cm³/mol. The summed E-state index contributed by atoms with van der Waals surface area (Å²) in [4.78, 5) is 69.9. The molecule has 0 aromatic carbocycles. The fourth-order valence-corrected chi connectivity index (χ4v) is 10.9. The molecule has 0 unspecified atom stereocenters. The number of aliphatic carboxylic acids is 2. The smallest absolute Gasteiger partial charge is 0.548 e. The molecule has 0 saturated carbocycles. The number of hydrogen-bond donors (Lipinski definition) is 2. The van der Waals surface area contributed by atoms with Gasteiger partial charge in [0, 0.05) is 0 Å². The minimum absolute atomic E-state index is 0. The van der Waals surface area contributed by atoms with Crippen molar-refractivity contribution < 1.29 is 169 Å². The minimum atomic E-state index is -4.07. The number of hydrogen-bond acceptors (Lipinski definition) is 16. The standard InChI is InChI=1S/2C11H12N4O7S.2K/c2*1-11(4-14-5(9(17)18)3-12-13-14)8(10(19)20)15-6(16)2-7(15)23(11,21)22;;/h2*3,7-8H,2,4H2,1H3,(H,17,18)(H,19,20);;/q;;2*+1/p-2/t2*7-,8+,11+;;/m11../s1. The number of sulfone groups is 2. The summed E-state index contributed by atoms with van der Waals surface area (Å²) in [5.41, 5.74) is -0.779. The SMILES string of the molecule is C[C@]1(Cn2nncc2C(=O)O)[C@H](C(=O)[O-])N2C(=O)C[C@H]2S1(=O)=O.C[C@]1(Cn2nncc2C(=O)O)[C@H](C(=O)[O-])N2C(=O)C[C@H]2S1(=O)=O.[K+].[K+]. The monoisotopic (exact) mass is 764 g/mol. The topological polar surface area (TPSA) is 325 Å². The Morgan fingerprint density at radius 3 is 1.31 bits per heavy atom. The zero-order valence-electron chi connectivity index (χ0n) is 25.5. The molecule has 4 saturated heterocycles. The Morgan fingerprint density at radius 2 is 1.06 bits per heavy atom. The van der Waals surface area contributed by atoms with Gasteiger partial charge in [0.05, 0.1) is 62.3 Å². The number of fused-ring (bicyclic) bond motifs is 2. The van der Waals surface area contributed by atoms with Gasteiger partial charge in [0.2, 0.25) is 11.8 Å². The van der Waals surface area contributed by atoms with Crippen LogP contribution in [0.1, 0.15) is 47.7 Å². The molecular weight excluding hydrogens is 743 g/mol. The summed E-state index contributed by atoms with van der Waals surface area (Å²) in [6.45, 7) is 1.13. The first kappa shape index (κ1) is 40.7. The van der Waals surface area contributed by atoms with Crippen LogP contribution in [0, 0.1) is 0 Å². The third-order valence-electron chi connectivity index (χ3n) is 8.67. The van der Waals surface area contributed by atoms with Crippen molar-refractivity contribution in [3.8, 4) is 0 Å². The average molecular weight is 765 g/mol. The second kappa shape index (κ2) is 13.8. The number of aromatic nitrogens is 6. The average Bonchev–Trinajstić information content (AvgIpc) is 3.65. The normalized spacial score (nSPS) is 30.2. The second-order valence-electron chi connectivity index (χ2n) is 11.2.